The van der Waals surface area contributed by atoms with Gasteiger partial charge in [-0.05, 0) is 49.2 Å². The number of hydrogen-bond acceptors (Lipinski definition) is 2. The van der Waals surface area contributed by atoms with E-state index in [1.165, 1.54) is 12.1 Å². The van der Waals surface area contributed by atoms with Crippen LogP contribution in [0.5, 0.6) is 0 Å². The predicted molar refractivity (Wildman–Crippen MR) is 82.2 cm³/mol. The lowest BCUT2D eigenvalue weighted by atomic mass is 10.2. The lowest BCUT2D eigenvalue weighted by molar-refractivity contribution is 0.0944. The summed E-state index contributed by atoms with van der Waals surface area (Å²) in [7, 11) is 0. The molecule has 2 heterocycles. The largest absolute Gasteiger partial charge is 0.347 e. The van der Waals surface area contributed by atoms with Crippen molar-refractivity contribution in [3.63, 3.8) is 0 Å². The molecule has 1 N–H and O–H groups in total. The number of hydrogen-bond donors (Lipinski definition) is 1. The van der Waals surface area contributed by atoms with E-state index in [2.05, 4.69) is 10.3 Å². The molecule has 0 saturated heterocycles. The summed E-state index contributed by atoms with van der Waals surface area (Å²) >= 11 is 0. The van der Waals surface area contributed by atoms with E-state index in [1.54, 1.807) is 17.5 Å². The van der Waals surface area contributed by atoms with Crippen molar-refractivity contribution in [2.45, 2.75) is 20.4 Å². The van der Waals surface area contributed by atoms with Gasteiger partial charge in [-0.3, -0.25) is 9.20 Å². The molecule has 0 unspecified atom stereocenters. The number of carbonyl (C=O) groups is 1. The summed E-state index contributed by atoms with van der Waals surface area (Å²) < 4.78 is 28.0. The number of rotatable bonds is 3. The first kappa shape index (κ1) is 15.1. The van der Waals surface area contributed by atoms with Crippen LogP contribution in [0.15, 0.2) is 36.5 Å². The predicted octanol–water partition coefficient (Wildman–Crippen LogP) is 3.16. The van der Waals surface area contributed by atoms with E-state index >= 15 is 0 Å². The zero-order chi connectivity index (χ0) is 16.6. The highest BCUT2D eigenvalue weighted by Crippen LogP contribution is 2.14. The average Bonchev–Trinajstić information content (AvgIpc) is 2.78. The quantitative estimate of drug-likeness (QED) is 0.807. The number of nitrogens with one attached hydrogen (secondary N) is 1. The molecule has 4 nitrogen and oxygen atoms in total. The SMILES string of the molecule is Cc1ccn2c(C(=O)NCc3cc(F)cc(F)c3)c(C)nc2c1. The molecule has 0 radical (unpaired) electrons. The number of amides is 1. The molecule has 118 valence electrons. The van der Waals surface area contributed by atoms with Gasteiger partial charge in [-0.25, -0.2) is 13.8 Å². The Balaban J connectivity index is 1.85. The Bertz CT molecular complexity index is 882. The first-order valence-electron chi connectivity index (χ1n) is 7.12. The van der Waals surface area contributed by atoms with Crippen molar-refractivity contribution in [1.82, 2.24) is 14.7 Å². The van der Waals surface area contributed by atoms with E-state index in [4.69, 9.17) is 0 Å². The number of aryl methyl sites for hydroxylation is 2. The maximum atomic E-state index is 13.2. The number of carbonyl (C=O) groups excluding carboxylic acids is 1. The number of imidazole rings is 1. The van der Waals surface area contributed by atoms with E-state index in [-0.39, 0.29) is 12.5 Å². The number of aromatic nitrogens is 2. The van der Waals surface area contributed by atoms with E-state index < -0.39 is 11.6 Å². The first-order valence-corrected chi connectivity index (χ1v) is 7.12. The molecule has 0 bridgehead atoms. The van der Waals surface area contributed by atoms with Gasteiger partial charge in [0.25, 0.3) is 5.91 Å². The molecule has 3 aromatic rings. The topological polar surface area (TPSA) is 46.4 Å². The van der Waals surface area contributed by atoms with E-state index in [9.17, 15) is 13.6 Å². The molecular weight excluding hydrogens is 300 g/mol. The molecule has 0 atom stereocenters. The zero-order valence-electron chi connectivity index (χ0n) is 12.7. The molecule has 6 heteroatoms. The third kappa shape index (κ3) is 3.06. The number of halogens is 2. The third-order valence-electron chi connectivity index (χ3n) is 3.55. The minimum atomic E-state index is -0.671. The smallest absolute Gasteiger partial charge is 0.270 e. The van der Waals surface area contributed by atoms with Crippen molar-refractivity contribution in [2.75, 3.05) is 0 Å². The van der Waals surface area contributed by atoms with Crippen molar-refractivity contribution in [3.05, 3.63) is 70.7 Å². The average molecular weight is 315 g/mol. The Labute approximate surface area is 131 Å². The second kappa shape index (κ2) is 5.79. The molecule has 0 aliphatic carbocycles. The minimum Gasteiger partial charge on any atom is -0.347 e. The van der Waals surface area contributed by atoms with Crippen molar-refractivity contribution < 1.29 is 13.6 Å². The van der Waals surface area contributed by atoms with Gasteiger partial charge < -0.3 is 5.32 Å². The molecule has 23 heavy (non-hydrogen) atoms. The minimum absolute atomic E-state index is 0.0338. The summed E-state index contributed by atoms with van der Waals surface area (Å²) in [5.74, 6) is -1.69. The summed E-state index contributed by atoms with van der Waals surface area (Å²) in [6, 6.07) is 6.93. The lowest BCUT2D eigenvalue weighted by Crippen LogP contribution is -2.25. The van der Waals surface area contributed by atoms with Crippen molar-refractivity contribution in [1.29, 1.82) is 0 Å². The van der Waals surface area contributed by atoms with Crippen LogP contribution in [-0.2, 0) is 6.54 Å². The van der Waals surface area contributed by atoms with Crippen molar-refractivity contribution >= 4 is 11.6 Å². The fraction of sp³-hybridized carbons (Fsp3) is 0.176. The van der Waals surface area contributed by atoms with Crippen LogP contribution in [0, 0.1) is 25.5 Å². The number of benzene rings is 1. The monoisotopic (exact) mass is 315 g/mol. The van der Waals surface area contributed by atoms with E-state index in [0.717, 1.165) is 11.6 Å². The van der Waals surface area contributed by atoms with Gasteiger partial charge in [0, 0.05) is 18.8 Å². The normalized spacial score (nSPS) is 11.0. The lowest BCUT2D eigenvalue weighted by Gasteiger charge is -2.07. The zero-order valence-corrected chi connectivity index (χ0v) is 12.7. The van der Waals surface area contributed by atoms with Crippen LogP contribution in [0.4, 0.5) is 8.78 Å². The Hall–Kier alpha value is -2.76. The maximum absolute atomic E-state index is 13.2. The third-order valence-corrected chi connectivity index (χ3v) is 3.55. The van der Waals surface area contributed by atoms with Crippen LogP contribution >= 0.6 is 0 Å². The van der Waals surface area contributed by atoms with Crippen LogP contribution in [0.25, 0.3) is 5.65 Å². The highest BCUT2D eigenvalue weighted by Gasteiger charge is 2.16. The second-order valence-electron chi connectivity index (χ2n) is 5.44. The summed E-state index contributed by atoms with van der Waals surface area (Å²) in [6.07, 6.45) is 1.78. The molecule has 1 aromatic carbocycles. The number of fused-ring (bicyclic) bond motifs is 1. The van der Waals surface area contributed by atoms with Gasteiger partial charge in [-0.15, -0.1) is 0 Å². The summed E-state index contributed by atoms with van der Waals surface area (Å²) in [5, 5.41) is 2.67. The number of pyridine rings is 1. The van der Waals surface area contributed by atoms with Gasteiger partial charge in [0.05, 0.1) is 5.69 Å². The van der Waals surface area contributed by atoms with Crippen molar-refractivity contribution in [2.24, 2.45) is 0 Å². The molecular formula is C17H15F2N3O. The Kier molecular flexibility index (Phi) is 3.82. The van der Waals surface area contributed by atoms with Gasteiger partial charge >= 0.3 is 0 Å². The molecule has 1 amide bonds. The first-order chi connectivity index (χ1) is 10.9. The van der Waals surface area contributed by atoms with Gasteiger partial charge in [-0.1, -0.05) is 0 Å². The molecule has 3 rings (SSSR count). The Morgan fingerprint density at radius 1 is 1.17 bits per heavy atom. The van der Waals surface area contributed by atoms with Gasteiger partial charge in [-0.2, -0.15) is 0 Å². The van der Waals surface area contributed by atoms with Gasteiger partial charge in [0.1, 0.15) is 23.0 Å². The molecule has 0 fully saturated rings. The Morgan fingerprint density at radius 2 is 1.87 bits per heavy atom. The molecule has 0 saturated carbocycles. The van der Waals surface area contributed by atoms with Crippen LogP contribution in [0.1, 0.15) is 27.3 Å². The summed E-state index contributed by atoms with van der Waals surface area (Å²) in [4.78, 5) is 16.8. The Morgan fingerprint density at radius 3 is 2.57 bits per heavy atom. The highest BCUT2D eigenvalue weighted by molar-refractivity contribution is 5.94. The van der Waals surface area contributed by atoms with Gasteiger partial charge in [0.15, 0.2) is 0 Å². The highest BCUT2D eigenvalue weighted by atomic mass is 19.1. The van der Waals surface area contributed by atoms with Crippen molar-refractivity contribution in [3.8, 4) is 0 Å². The molecule has 0 aliphatic heterocycles. The van der Waals surface area contributed by atoms with Crippen LogP contribution < -0.4 is 5.32 Å². The fourth-order valence-electron chi connectivity index (χ4n) is 2.52. The van der Waals surface area contributed by atoms with E-state index in [1.807, 2.05) is 19.1 Å². The standard InChI is InChI=1S/C17H15F2N3O/c1-10-3-4-22-15(5-10)21-11(2)16(22)17(23)20-9-12-6-13(18)8-14(19)7-12/h3-8H,9H2,1-2H3,(H,20,23). The van der Waals surface area contributed by atoms with Crippen LogP contribution in [0.2, 0.25) is 0 Å². The van der Waals surface area contributed by atoms with Crippen LogP contribution in [0.3, 0.4) is 0 Å². The fourth-order valence-corrected chi connectivity index (χ4v) is 2.52. The van der Waals surface area contributed by atoms with Crippen LogP contribution in [-0.4, -0.2) is 15.3 Å². The molecule has 0 spiro atoms. The van der Waals surface area contributed by atoms with Gasteiger partial charge in [0.2, 0.25) is 0 Å². The summed E-state index contributed by atoms with van der Waals surface area (Å²) in [5.41, 5.74) is 3.10. The summed E-state index contributed by atoms with van der Waals surface area (Å²) in [6.45, 7) is 3.73. The molecule has 0 aliphatic rings. The van der Waals surface area contributed by atoms with E-state index in [0.29, 0.717) is 22.6 Å². The molecule has 2 aromatic heterocycles. The maximum Gasteiger partial charge on any atom is 0.270 e. The number of nitrogens with zero attached hydrogens (tertiary/aromatic N) is 2. The second-order valence-corrected chi connectivity index (χ2v) is 5.44.